The number of aliphatic imine (C=N–C) groups is 1. The Morgan fingerprint density at radius 3 is 2.35 bits per heavy atom. The van der Waals surface area contributed by atoms with E-state index in [1.165, 1.54) is 57.8 Å². The highest BCUT2D eigenvalue weighted by Gasteiger charge is 2.19. The molecule has 2 heteroatoms. The van der Waals surface area contributed by atoms with E-state index in [0.29, 0.717) is 5.92 Å². The number of nitrogens with two attached hydrogens (primary N) is 1. The molecular formula is C15H28N2. The van der Waals surface area contributed by atoms with Crippen molar-refractivity contribution in [2.45, 2.75) is 64.7 Å². The molecule has 0 saturated heterocycles. The van der Waals surface area contributed by atoms with Crippen molar-refractivity contribution in [3.05, 3.63) is 0 Å². The molecule has 2 rings (SSSR count). The van der Waals surface area contributed by atoms with Crippen LogP contribution >= 0.6 is 0 Å². The van der Waals surface area contributed by atoms with Gasteiger partial charge in [0.05, 0.1) is 5.84 Å². The number of amidine groups is 1. The van der Waals surface area contributed by atoms with Crippen LogP contribution in [0.2, 0.25) is 0 Å². The summed E-state index contributed by atoms with van der Waals surface area (Å²) in [5, 5.41) is 0. The second-order valence-corrected chi connectivity index (χ2v) is 6.20. The summed E-state index contributed by atoms with van der Waals surface area (Å²) < 4.78 is 0. The average Bonchev–Trinajstić information content (AvgIpc) is 2.85. The summed E-state index contributed by atoms with van der Waals surface area (Å²) in [5.41, 5.74) is 6.07. The van der Waals surface area contributed by atoms with Crippen LogP contribution in [-0.4, -0.2) is 12.4 Å². The van der Waals surface area contributed by atoms with Gasteiger partial charge in [0, 0.05) is 12.5 Å². The van der Waals surface area contributed by atoms with Crippen LogP contribution in [0.4, 0.5) is 0 Å². The van der Waals surface area contributed by atoms with Crippen molar-refractivity contribution in [2.75, 3.05) is 6.54 Å². The van der Waals surface area contributed by atoms with Gasteiger partial charge in [-0.15, -0.1) is 0 Å². The van der Waals surface area contributed by atoms with Gasteiger partial charge >= 0.3 is 0 Å². The predicted octanol–water partition coefficient (Wildman–Crippen LogP) is 3.75. The first-order valence-corrected chi connectivity index (χ1v) is 7.55. The monoisotopic (exact) mass is 236 g/mol. The molecule has 0 atom stereocenters. The van der Waals surface area contributed by atoms with Crippen LogP contribution in [-0.2, 0) is 0 Å². The number of hydrogen-bond donors (Lipinski definition) is 1. The summed E-state index contributed by atoms with van der Waals surface area (Å²) in [7, 11) is 0. The summed E-state index contributed by atoms with van der Waals surface area (Å²) >= 11 is 0. The minimum atomic E-state index is 0.612. The van der Waals surface area contributed by atoms with E-state index >= 15 is 0 Å². The molecule has 2 saturated carbocycles. The van der Waals surface area contributed by atoms with Crippen LogP contribution in [0.3, 0.4) is 0 Å². The van der Waals surface area contributed by atoms with E-state index in [0.717, 1.165) is 24.2 Å². The molecule has 2 fully saturated rings. The van der Waals surface area contributed by atoms with Gasteiger partial charge in [-0.2, -0.15) is 0 Å². The molecule has 98 valence electrons. The van der Waals surface area contributed by atoms with Gasteiger partial charge in [0.25, 0.3) is 0 Å². The topological polar surface area (TPSA) is 38.4 Å². The summed E-state index contributed by atoms with van der Waals surface area (Å²) in [6, 6.07) is 0. The first-order valence-electron chi connectivity index (χ1n) is 7.55. The largest absolute Gasteiger partial charge is 0.387 e. The van der Waals surface area contributed by atoms with Gasteiger partial charge in [-0.25, -0.2) is 0 Å². The normalized spacial score (nSPS) is 31.9. The lowest BCUT2D eigenvalue weighted by Crippen LogP contribution is -2.22. The van der Waals surface area contributed by atoms with Gasteiger partial charge in [0.2, 0.25) is 0 Å². The lowest BCUT2D eigenvalue weighted by atomic mass is 9.81. The maximum Gasteiger partial charge on any atom is 0.0968 e. The van der Waals surface area contributed by atoms with E-state index in [4.69, 9.17) is 5.73 Å². The van der Waals surface area contributed by atoms with Gasteiger partial charge in [0.1, 0.15) is 0 Å². The zero-order valence-electron chi connectivity index (χ0n) is 11.3. The molecular weight excluding hydrogens is 208 g/mol. The second kappa shape index (κ2) is 6.42. The fourth-order valence-corrected chi connectivity index (χ4v) is 3.34. The van der Waals surface area contributed by atoms with Crippen molar-refractivity contribution >= 4 is 5.84 Å². The molecule has 2 aliphatic carbocycles. The average molecular weight is 236 g/mol. The molecule has 0 bridgehead atoms. The van der Waals surface area contributed by atoms with Crippen molar-refractivity contribution in [3.63, 3.8) is 0 Å². The Balaban J connectivity index is 1.66. The highest BCUT2D eigenvalue weighted by molar-refractivity contribution is 5.83. The molecule has 2 N–H and O–H groups in total. The fraction of sp³-hybridized carbons (Fsp3) is 0.933. The van der Waals surface area contributed by atoms with Crippen LogP contribution in [0.1, 0.15) is 64.7 Å². The van der Waals surface area contributed by atoms with Crippen LogP contribution in [0, 0.1) is 17.8 Å². The summed E-state index contributed by atoms with van der Waals surface area (Å²) in [6.45, 7) is 3.35. The maximum atomic E-state index is 6.07. The molecule has 2 aliphatic rings. The molecule has 17 heavy (non-hydrogen) atoms. The standard InChI is InChI=1S/C15H28N2/c1-12-6-8-13(9-7-12)10-11-17-15(16)14-4-2-3-5-14/h12-14H,2-11H2,1H3,(H2,16,17). The zero-order chi connectivity index (χ0) is 12.1. The van der Waals surface area contributed by atoms with Crippen molar-refractivity contribution in [1.29, 1.82) is 0 Å². The van der Waals surface area contributed by atoms with Gasteiger partial charge in [0.15, 0.2) is 0 Å². The lowest BCUT2D eigenvalue weighted by molar-refractivity contribution is 0.280. The highest BCUT2D eigenvalue weighted by atomic mass is 14.9. The van der Waals surface area contributed by atoms with E-state index in [1.807, 2.05) is 0 Å². The zero-order valence-corrected chi connectivity index (χ0v) is 11.3. The van der Waals surface area contributed by atoms with E-state index in [-0.39, 0.29) is 0 Å². The van der Waals surface area contributed by atoms with Gasteiger partial charge < -0.3 is 5.73 Å². The third-order valence-corrected chi connectivity index (χ3v) is 4.74. The quantitative estimate of drug-likeness (QED) is 0.586. The Labute approximate surface area is 106 Å². The Hall–Kier alpha value is -0.530. The smallest absolute Gasteiger partial charge is 0.0968 e. The second-order valence-electron chi connectivity index (χ2n) is 6.20. The maximum absolute atomic E-state index is 6.07. The molecule has 0 heterocycles. The number of rotatable bonds is 4. The molecule has 0 spiro atoms. The highest BCUT2D eigenvalue weighted by Crippen LogP contribution is 2.30. The molecule has 0 radical (unpaired) electrons. The molecule has 0 unspecified atom stereocenters. The lowest BCUT2D eigenvalue weighted by Gasteiger charge is -2.25. The van der Waals surface area contributed by atoms with Crippen molar-refractivity contribution in [2.24, 2.45) is 28.5 Å². The fourth-order valence-electron chi connectivity index (χ4n) is 3.34. The first-order chi connectivity index (χ1) is 8.25. The third-order valence-electron chi connectivity index (χ3n) is 4.74. The van der Waals surface area contributed by atoms with Crippen molar-refractivity contribution in [1.82, 2.24) is 0 Å². The van der Waals surface area contributed by atoms with Crippen LogP contribution < -0.4 is 5.73 Å². The van der Waals surface area contributed by atoms with Gasteiger partial charge in [-0.3, -0.25) is 4.99 Å². The van der Waals surface area contributed by atoms with Crippen LogP contribution in [0.15, 0.2) is 4.99 Å². The first kappa shape index (κ1) is 12.9. The molecule has 0 aromatic carbocycles. The van der Waals surface area contributed by atoms with Crippen LogP contribution in [0.25, 0.3) is 0 Å². The Morgan fingerprint density at radius 1 is 1.06 bits per heavy atom. The minimum Gasteiger partial charge on any atom is -0.387 e. The number of hydrogen-bond acceptors (Lipinski definition) is 1. The SMILES string of the molecule is CC1CCC(CCN=C(N)C2CCCC2)CC1. The molecule has 0 aromatic rings. The molecule has 0 aromatic heterocycles. The Kier molecular flexibility index (Phi) is 4.87. The van der Waals surface area contributed by atoms with E-state index in [1.54, 1.807) is 0 Å². The molecule has 0 aliphatic heterocycles. The van der Waals surface area contributed by atoms with Crippen molar-refractivity contribution in [3.8, 4) is 0 Å². The molecule has 0 amide bonds. The summed E-state index contributed by atoms with van der Waals surface area (Å²) in [4.78, 5) is 4.61. The van der Waals surface area contributed by atoms with Gasteiger partial charge in [-0.1, -0.05) is 45.4 Å². The predicted molar refractivity (Wildman–Crippen MR) is 74.2 cm³/mol. The third kappa shape index (κ3) is 4.01. The number of nitrogens with zero attached hydrogens (tertiary/aromatic N) is 1. The van der Waals surface area contributed by atoms with Crippen LogP contribution in [0.5, 0.6) is 0 Å². The molecule has 2 nitrogen and oxygen atoms in total. The van der Waals surface area contributed by atoms with Gasteiger partial charge in [-0.05, 0) is 31.1 Å². The van der Waals surface area contributed by atoms with E-state index in [2.05, 4.69) is 11.9 Å². The van der Waals surface area contributed by atoms with E-state index in [9.17, 15) is 0 Å². The van der Waals surface area contributed by atoms with E-state index < -0.39 is 0 Å². The summed E-state index contributed by atoms with van der Waals surface area (Å²) in [6.07, 6.45) is 12.2. The Bertz CT molecular complexity index is 246. The minimum absolute atomic E-state index is 0.612. The Morgan fingerprint density at radius 2 is 1.71 bits per heavy atom. The summed E-state index contributed by atoms with van der Waals surface area (Å²) in [5.74, 6) is 3.44. The van der Waals surface area contributed by atoms with Crippen molar-refractivity contribution < 1.29 is 0 Å².